The minimum atomic E-state index is -0.403. The Morgan fingerprint density at radius 3 is 2.39 bits per heavy atom. The van der Waals surface area contributed by atoms with E-state index < -0.39 is 5.97 Å². The van der Waals surface area contributed by atoms with Gasteiger partial charge in [-0.1, -0.05) is 6.07 Å². The van der Waals surface area contributed by atoms with E-state index >= 15 is 0 Å². The van der Waals surface area contributed by atoms with Crippen LogP contribution in [0, 0.1) is 11.3 Å². The van der Waals surface area contributed by atoms with E-state index in [2.05, 4.69) is 5.32 Å². The molecule has 0 aliphatic rings. The molecule has 0 aliphatic heterocycles. The molecule has 2 aromatic rings. The van der Waals surface area contributed by atoms with Crippen LogP contribution in [0.1, 0.15) is 40.1 Å². The van der Waals surface area contributed by atoms with Gasteiger partial charge in [-0.2, -0.15) is 5.26 Å². The molecule has 1 amide bonds. The summed E-state index contributed by atoms with van der Waals surface area (Å²) in [7, 11) is 0. The average Bonchev–Trinajstić information content (AvgIpc) is 2.55. The summed E-state index contributed by atoms with van der Waals surface area (Å²) in [6.07, 6.45) is -0.186. The van der Waals surface area contributed by atoms with Crippen molar-refractivity contribution in [1.29, 1.82) is 5.26 Å². The summed E-state index contributed by atoms with van der Waals surface area (Å²) in [5.41, 5.74) is 1.79. The second-order valence-corrected chi connectivity index (χ2v) is 5.18. The first-order chi connectivity index (χ1) is 11.0. The predicted molar refractivity (Wildman–Crippen MR) is 86.1 cm³/mol. The third-order valence-corrected chi connectivity index (χ3v) is 2.98. The highest BCUT2D eigenvalue weighted by atomic mass is 16.5. The minimum Gasteiger partial charge on any atom is -0.459 e. The van der Waals surface area contributed by atoms with Gasteiger partial charge >= 0.3 is 5.97 Å². The molecule has 0 bridgehead atoms. The van der Waals surface area contributed by atoms with Gasteiger partial charge in [-0.15, -0.1) is 0 Å². The summed E-state index contributed by atoms with van der Waals surface area (Å²) in [4.78, 5) is 23.9. The van der Waals surface area contributed by atoms with Crippen molar-refractivity contribution in [3.05, 3.63) is 65.2 Å². The van der Waals surface area contributed by atoms with Crippen LogP contribution in [-0.4, -0.2) is 18.0 Å². The number of rotatable bonds is 4. The van der Waals surface area contributed by atoms with Crippen LogP contribution in [0.25, 0.3) is 0 Å². The molecule has 23 heavy (non-hydrogen) atoms. The lowest BCUT2D eigenvalue weighted by molar-refractivity contribution is 0.0378. The third kappa shape index (κ3) is 4.42. The van der Waals surface area contributed by atoms with E-state index in [0.29, 0.717) is 22.4 Å². The Balaban J connectivity index is 2.07. The SMILES string of the molecule is CC(C)OC(=O)c1ccc(NC(=O)c2cccc(C#N)c2)cc1. The zero-order valence-electron chi connectivity index (χ0n) is 12.9. The predicted octanol–water partition coefficient (Wildman–Crippen LogP) is 3.38. The van der Waals surface area contributed by atoms with Crippen molar-refractivity contribution in [2.45, 2.75) is 20.0 Å². The van der Waals surface area contributed by atoms with E-state index in [0.717, 1.165) is 0 Å². The summed E-state index contributed by atoms with van der Waals surface area (Å²) in [6, 6.07) is 14.9. The molecule has 0 aromatic heterocycles. The largest absolute Gasteiger partial charge is 0.459 e. The first kappa shape index (κ1) is 16.2. The maximum atomic E-state index is 12.1. The Labute approximate surface area is 134 Å². The van der Waals surface area contributed by atoms with Crippen LogP contribution in [0.5, 0.6) is 0 Å². The third-order valence-electron chi connectivity index (χ3n) is 2.98. The van der Waals surface area contributed by atoms with Gasteiger partial charge in [0.1, 0.15) is 0 Å². The highest BCUT2D eigenvalue weighted by molar-refractivity contribution is 6.04. The highest BCUT2D eigenvalue weighted by Crippen LogP contribution is 2.13. The molecule has 0 radical (unpaired) electrons. The average molecular weight is 308 g/mol. The number of hydrogen-bond acceptors (Lipinski definition) is 4. The van der Waals surface area contributed by atoms with E-state index in [-0.39, 0.29) is 12.0 Å². The van der Waals surface area contributed by atoms with Crippen molar-refractivity contribution in [3.8, 4) is 6.07 Å². The molecule has 1 N–H and O–H groups in total. The van der Waals surface area contributed by atoms with Gasteiger partial charge in [0.2, 0.25) is 0 Å². The summed E-state index contributed by atoms with van der Waals surface area (Å²) in [5, 5.41) is 11.6. The molecule has 0 fully saturated rings. The topological polar surface area (TPSA) is 79.2 Å². The molecular weight excluding hydrogens is 292 g/mol. The molecule has 0 atom stereocenters. The van der Waals surface area contributed by atoms with E-state index in [4.69, 9.17) is 10.00 Å². The summed E-state index contributed by atoms with van der Waals surface area (Å²) in [5.74, 6) is -0.723. The molecule has 5 heteroatoms. The van der Waals surface area contributed by atoms with Crippen molar-refractivity contribution >= 4 is 17.6 Å². The van der Waals surface area contributed by atoms with E-state index in [1.807, 2.05) is 6.07 Å². The van der Waals surface area contributed by atoms with Crippen LogP contribution < -0.4 is 5.32 Å². The molecule has 0 unspecified atom stereocenters. The number of hydrogen-bond donors (Lipinski definition) is 1. The van der Waals surface area contributed by atoms with Crippen molar-refractivity contribution in [2.75, 3.05) is 5.32 Å². The molecule has 2 rings (SSSR count). The van der Waals surface area contributed by atoms with Crippen LogP contribution in [0.2, 0.25) is 0 Å². The number of nitrogens with zero attached hydrogens (tertiary/aromatic N) is 1. The number of anilines is 1. The molecule has 0 saturated carbocycles. The highest BCUT2D eigenvalue weighted by Gasteiger charge is 2.10. The fraction of sp³-hybridized carbons (Fsp3) is 0.167. The molecular formula is C18H16N2O3. The van der Waals surface area contributed by atoms with E-state index in [1.165, 1.54) is 6.07 Å². The fourth-order valence-corrected chi connectivity index (χ4v) is 1.91. The second-order valence-electron chi connectivity index (χ2n) is 5.18. The zero-order valence-corrected chi connectivity index (χ0v) is 12.9. The number of nitriles is 1. The summed E-state index contributed by atoms with van der Waals surface area (Å²) in [6.45, 7) is 3.56. The van der Waals surface area contributed by atoms with Gasteiger partial charge < -0.3 is 10.1 Å². The van der Waals surface area contributed by atoms with Gasteiger partial charge in [0.05, 0.1) is 23.3 Å². The molecule has 0 heterocycles. The van der Waals surface area contributed by atoms with E-state index in [1.54, 1.807) is 56.3 Å². The lowest BCUT2D eigenvalue weighted by atomic mass is 10.1. The lowest BCUT2D eigenvalue weighted by Crippen LogP contribution is -2.13. The zero-order chi connectivity index (χ0) is 16.8. The Kier molecular flexibility index (Phi) is 5.11. The molecule has 5 nitrogen and oxygen atoms in total. The Hall–Kier alpha value is -3.13. The molecule has 0 aliphatic carbocycles. The van der Waals surface area contributed by atoms with Gasteiger partial charge in [0.15, 0.2) is 0 Å². The van der Waals surface area contributed by atoms with E-state index in [9.17, 15) is 9.59 Å². The number of esters is 1. The van der Waals surface area contributed by atoms with Crippen LogP contribution in [0.15, 0.2) is 48.5 Å². The van der Waals surface area contributed by atoms with Crippen LogP contribution in [0.3, 0.4) is 0 Å². The van der Waals surface area contributed by atoms with Gasteiger partial charge in [0.25, 0.3) is 5.91 Å². The first-order valence-electron chi connectivity index (χ1n) is 7.12. The van der Waals surface area contributed by atoms with Crippen LogP contribution >= 0.6 is 0 Å². The molecule has 0 saturated heterocycles. The normalized spacial score (nSPS) is 10.0. The molecule has 0 spiro atoms. The Morgan fingerprint density at radius 2 is 1.78 bits per heavy atom. The van der Waals surface area contributed by atoms with Crippen molar-refractivity contribution < 1.29 is 14.3 Å². The number of carbonyl (C=O) groups excluding carboxylic acids is 2. The lowest BCUT2D eigenvalue weighted by Gasteiger charge is -2.09. The maximum Gasteiger partial charge on any atom is 0.338 e. The van der Waals surface area contributed by atoms with Crippen molar-refractivity contribution in [1.82, 2.24) is 0 Å². The molecule has 2 aromatic carbocycles. The number of benzene rings is 2. The summed E-state index contributed by atoms with van der Waals surface area (Å²) >= 11 is 0. The van der Waals surface area contributed by atoms with Crippen LogP contribution in [-0.2, 0) is 4.74 Å². The number of amides is 1. The van der Waals surface area contributed by atoms with Gasteiger partial charge in [-0.25, -0.2) is 4.79 Å². The fourth-order valence-electron chi connectivity index (χ4n) is 1.91. The van der Waals surface area contributed by atoms with Gasteiger partial charge in [0, 0.05) is 11.3 Å². The van der Waals surface area contributed by atoms with Crippen LogP contribution in [0.4, 0.5) is 5.69 Å². The Morgan fingerprint density at radius 1 is 1.09 bits per heavy atom. The standard InChI is InChI=1S/C18H16N2O3/c1-12(2)23-18(22)14-6-8-16(9-7-14)20-17(21)15-5-3-4-13(10-15)11-19/h3-10,12H,1-2H3,(H,20,21). The van der Waals surface area contributed by atoms with Gasteiger partial charge in [-0.3, -0.25) is 4.79 Å². The minimum absolute atomic E-state index is 0.186. The summed E-state index contributed by atoms with van der Waals surface area (Å²) < 4.78 is 5.10. The maximum absolute atomic E-state index is 12.1. The molecule has 116 valence electrons. The van der Waals surface area contributed by atoms with Crippen molar-refractivity contribution in [3.63, 3.8) is 0 Å². The first-order valence-corrected chi connectivity index (χ1v) is 7.12. The number of nitrogens with one attached hydrogen (secondary N) is 1. The monoisotopic (exact) mass is 308 g/mol. The number of carbonyl (C=O) groups is 2. The number of ether oxygens (including phenoxy) is 1. The van der Waals surface area contributed by atoms with Crippen molar-refractivity contribution in [2.24, 2.45) is 0 Å². The quantitative estimate of drug-likeness (QED) is 0.878. The van der Waals surface area contributed by atoms with Gasteiger partial charge in [-0.05, 0) is 56.3 Å². The Bertz CT molecular complexity index is 759. The second kappa shape index (κ2) is 7.23. The smallest absolute Gasteiger partial charge is 0.338 e.